The van der Waals surface area contributed by atoms with Gasteiger partial charge in [-0.1, -0.05) is 18.5 Å². The van der Waals surface area contributed by atoms with E-state index < -0.39 is 0 Å². The van der Waals surface area contributed by atoms with Gasteiger partial charge < -0.3 is 4.74 Å². The highest BCUT2D eigenvalue weighted by atomic mass is 35.5. The summed E-state index contributed by atoms with van der Waals surface area (Å²) in [5.41, 5.74) is 0. The minimum Gasteiger partial charge on any atom is -0.474 e. The number of hydrogen-bond acceptors (Lipinski definition) is 3. The minimum atomic E-state index is 0.298. The molecular weight excluding hydrogens is 212 g/mol. The summed E-state index contributed by atoms with van der Waals surface area (Å²) >= 11 is 5.75. The first-order chi connectivity index (χ1) is 7.24. The first-order valence-electron chi connectivity index (χ1n) is 5.38. The van der Waals surface area contributed by atoms with Gasteiger partial charge in [-0.15, -0.1) is 0 Å². The fraction of sp³-hybridized carbons (Fsp3) is 0.636. The lowest BCUT2D eigenvalue weighted by Gasteiger charge is -2.26. The third kappa shape index (κ3) is 3.06. The third-order valence-electron chi connectivity index (χ3n) is 2.86. The third-order valence-corrected chi connectivity index (χ3v) is 3.07. The second-order valence-electron chi connectivity index (χ2n) is 4.18. The molecule has 0 aliphatic heterocycles. The van der Waals surface area contributed by atoms with E-state index >= 15 is 0 Å². The first kappa shape index (κ1) is 10.7. The molecule has 0 N–H and O–H groups in total. The van der Waals surface area contributed by atoms with Crippen LogP contribution in [-0.2, 0) is 0 Å². The van der Waals surface area contributed by atoms with Gasteiger partial charge in [-0.3, -0.25) is 0 Å². The molecule has 1 aromatic heterocycles. The monoisotopic (exact) mass is 226 g/mol. The Hall–Kier alpha value is -0.830. The molecule has 3 nitrogen and oxygen atoms in total. The summed E-state index contributed by atoms with van der Waals surface area (Å²) in [6.07, 6.45) is 6.44. The maximum Gasteiger partial charge on any atom is 0.218 e. The lowest BCUT2D eigenvalue weighted by Crippen LogP contribution is -2.23. The Morgan fingerprint density at radius 1 is 1.27 bits per heavy atom. The maximum absolute atomic E-state index is 5.75. The average molecular weight is 227 g/mol. The van der Waals surface area contributed by atoms with Crippen molar-refractivity contribution in [3.05, 3.63) is 17.5 Å². The van der Waals surface area contributed by atoms with E-state index in [1.165, 1.54) is 19.2 Å². The van der Waals surface area contributed by atoms with Gasteiger partial charge in [0.2, 0.25) is 5.88 Å². The molecule has 1 heterocycles. The van der Waals surface area contributed by atoms with Crippen molar-refractivity contribution in [1.29, 1.82) is 0 Å². The van der Waals surface area contributed by atoms with Crippen LogP contribution < -0.4 is 4.74 Å². The Morgan fingerprint density at radius 3 is 2.67 bits per heavy atom. The molecule has 1 aliphatic rings. The second-order valence-corrected chi connectivity index (χ2v) is 4.57. The normalized spacial score (nSPS) is 26.3. The van der Waals surface area contributed by atoms with E-state index in [2.05, 4.69) is 16.9 Å². The highest BCUT2D eigenvalue weighted by Crippen LogP contribution is 2.26. The highest BCUT2D eigenvalue weighted by molar-refractivity contribution is 6.29. The Morgan fingerprint density at radius 2 is 2.00 bits per heavy atom. The van der Waals surface area contributed by atoms with Crippen molar-refractivity contribution < 1.29 is 4.74 Å². The smallest absolute Gasteiger partial charge is 0.218 e. The molecule has 4 heteroatoms. The fourth-order valence-corrected chi connectivity index (χ4v) is 2.04. The summed E-state index contributed by atoms with van der Waals surface area (Å²) in [4.78, 5) is 7.85. The van der Waals surface area contributed by atoms with Crippen molar-refractivity contribution in [3.63, 3.8) is 0 Å². The molecule has 1 aliphatic carbocycles. The van der Waals surface area contributed by atoms with Gasteiger partial charge in [0.1, 0.15) is 17.6 Å². The topological polar surface area (TPSA) is 35.0 Å². The SMILES string of the molecule is CC1CCC(Oc2cc(Cl)ncn2)CC1. The molecule has 1 saturated carbocycles. The van der Waals surface area contributed by atoms with Crippen molar-refractivity contribution in [2.24, 2.45) is 5.92 Å². The van der Waals surface area contributed by atoms with Gasteiger partial charge in [-0.25, -0.2) is 9.97 Å². The Labute approximate surface area is 94.8 Å². The van der Waals surface area contributed by atoms with Gasteiger partial charge in [-0.2, -0.15) is 0 Å². The molecule has 0 aromatic carbocycles. The molecule has 2 rings (SSSR count). The molecule has 0 saturated heterocycles. The Balaban J connectivity index is 1.92. The van der Waals surface area contributed by atoms with E-state index in [1.807, 2.05) is 0 Å². The standard InChI is InChI=1S/C11H15ClN2O/c1-8-2-4-9(5-3-8)15-11-6-10(12)13-7-14-11/h6-9H,2-5H2,1H3. The lowest BCUT2D eigenvalue weighted by molar-refractivity contribution is 0.130. The van der Waals surface area contributed by atoms with Crippen LogP contribution in [0.15, 0.2) is 12.4 Å². The Bertz CT molecular complexity index is 324. The predicted molar refractivity (Wildman–Crippen MR) is 59.1 cm³/mol. The first-order valence-corrected chi connectivity index (χ1v) is 5.76. The van der Waals surface area contributed by atoms with Gasteiger partial charge in [0.15, 0.2) is 0 Å². The second kappa shape index (κ2) is 4.79. The van der Waals surface area contributed by atoms with Crippen molar-refractivity contribution in [3.8, 4) is 5.88 Å². The number of nitrogens with zero attached hydrogens (tertiary/aromatic N) is 2. The number of hydrogen-bond donors (Lipinski definition) is 0. The summed E-state index contributed by atoms with van der Waals surface area (Å²) < 4.78 is 5.75. The van der Waals surface area contributed by atoms with Crippen LogP contribution >= 0.6 is 11.6 Å². The van der Waals surface area contributed by atoms with Crippen molar-refractivity contribution in [2.45, 2.75) is 38.7 Å². The molecule has 0 bridgehead atoms. The van der Waals surface area contributed by atoms with E-state index in [4.69, 9.17) is 16.3 Å². The van der Waals surface area contributed by atoms with Crippen molar-refractivity contribution >= 4 is 11.6 Å². The van der Waals surface area contributed by atoms with Gasteiger partial charge in [0.25, 0.3) is 0 Å². The molecule has 1 fully saturated rings. The highest BCUT2D eigenvalue weighted by Gasteiger charge is 2.19. The summed E-state index contributed by atoms with van der Waals surface area (Å²) in [6.45, 7) is 2.29. The fourth-order valence-electron chi connectivity index (χ4n) is 1.90. The van der Waals surface area contributed by atoms with E-state index in [0.29, 0.717) is 17.1 Å². The predicted octanol–water partition coefficient (Wildman–Crippen LogP) is 3.09. The average Bonchev–Trinajstić information content (AvgIpc) is 2.22. The molecule has 0 amide bonds. The van der Waals surface area contributed by atoms with Gasteiger partial charge in [-0.05, 0) is 31.6 Å². The van der Waals surface area contributed by atoms with Crippen LogP contribution in [0.5, 0.6) is 5.88 Å². The van der Waals surface area contributed by atoms with Crippen LogP contribution in [0.25, 0.3) is 0 Å². The Kier molecular flexibility index (Phi) is 3.41. The molecule has 0 unspecified atom stereocenters. The van der Waals surface area contributed by atoms with Crippen molar-refractivity contribution in [2.75, 3.05) is 0 Å². The summed E-state index contributed by atoms with van der Waals surface area (Å²) in [5, 5.41) is 0.434. The van der Waals surface area contributed by atoms with Crippen LogP contribution in [0.4, 0.5) is 0 Å². The van der Waals surface area contributed by atoms with Gasteiger partial charge in [0, 0.05) is 6.07 Å². The molecule has 82 valence electrons. The summed E-state index contributed by atoms with van der Waals surface area (Å²) in [6, 6.07) is 1.67. The zero-order chi connectivity index (χ0) is 10.7. The maximum atomic E-state index is 5.75. The lowest BCUT2D eigenvalue weighted by atomic mass is 9.89. The quantitative estimate of drug-likeness (QED) is 0.727. The number of ether oxygens (including phenoxy) is 1. The van der Waals surface area contributed by atoms with Crippen LogP contribution in [0, 0.1) is 5.92 Å². The molecular formula is C11H15ClN2O. The number of halogens is 1. The summed E-state index contributed by atoms with van der Waals surface area (Å²) in [5.74, 6) is 1.42. The molecule has 0 spiro atoms. The number of aromatic nitrogens is 2. The van der Waals surface area contributed by atoms with Gasteiger partial charge in [0.05, 0.1) is 0 Å². The van der Waals surface area contributed by atoms with Crippen molar-refractivity contribution in [1.82, 2.24) is 9.97 Å². The van der Waals surface area contributed by atoms with E-state index in [0.717, 1.165) is 18.8 Å². The zero-order valence-corrected chi connectivity index (χ0v) is 9.57. The van der Waals surface area contributed by atoms with Crippen LogP contribution in [0.3, 0.4) is 0 Å². The van der Waals surface area contributed by atoms with E-state index in [9.17, 15) is 0 Å². The molecule has 1 aromatic rings. The summed E-state index contributed by atoms with van der Waals surface area (Å²) in [7, 11) is 0. The molecule has 15 heavy (non-hydrogen) atoms. The zero-order valence-electron chi connectivity index (χ0n) is 8.82. The van der Waals surface area contributed by atoms with Crippen LogP contribution in [0.2, 0.25) is 5.15 Å². The minimum absolute atomic E-state index is 0.298. The number of rotatable bonds is 2. The largest absolute Gasteiger partial charge is 0.474 e. The molecule has 0 atom stereocenters. The van der Waals surface area contributed by atoms with E-state index in [-0.39, 0.29) is 0 Å². The van der Waals surface area contributed by atoms with Crippen LogP contribution in [-0.4, -0.2) is 16.1 Å². The molecule has 0 radical (unpaired) electrons. The van der Waals surface area contributed by atoms with Gasteiger partial charge >= 0.3 is 0 Å². The van der Waals surface area contributed by atoms with E-state index in [1.54, 1.807) is 6.07 Å². The van der Waals surface area contributed by atoms with Crippen LogP contribution in [0.1, 0.15) is 32.6 Å².